The van der Waals surface area contributed by atoms with Crippen LogP contribution >= 0.6 is 0 Å². The van der Waals surface area contributed by atoms with Gasteiger partial charge in [-0.05, 0) is 32.7 Å². The predicted molar refractivity (Wildman–Crippen MR) is 62.6 cm³/mol. The van der Waals surface area contributed by atoms with E-state index in [2.05, 4.69) is 0 Å². The van der Waals surface area contributed by atoms with Crippen LogP contribution in [-0.4, -0.2) is 29.3 Å². The highest BCUT2D eigenvalue weighted by molar-refractivity contribution is 6.06. The van der Waals surface area contributed by atoms with Crippen molar-refractivity contribution >= 4 is 11.8 Å². The lowest BCUT2D eigenvalue weighted by molar-refractivity contribution is -0.144. The van der Waals surface area contributed by atoms with E-state index in [1.807, 2.05) is 20.8 Å². The summed E-state index contributed by atoms with van der Waals surface area (Å²) in [6.07, 6.45) is 2.52. The van der Waals surface area contributed by atoms with Gasteiger partial charge in [0.2, 0.25) is 11.8 Å². The van der Waals surface area contributed by atoms with Gasteiger partial charge >= 0.3 is 0 Å². The van der Waals surface area contributed by atoms with Gasteiger partial charge in [-0.3, -0.25) is 14.5 Å². The lowest BCUT2D eigenvalue weighted by Crippen LogP contribution is -2.41. The molecule has 1 rings (SSSR count). The van der Waals surface area contributed by atoms with E-state index < -0.39 is 5.41 Å². The maximum atomic E-state index is 12.3. The smallest absolute Gasteiger partial charge is 0.236 e. The highest BCUT2D eigenvalue weighted by atomic mass is 16.2. The summed E-state index contributed by atoms with van der Waals surface area (Å²) in [5.41, 5.74) is 5.03. The van der Waals surface area contributed by atoms with Gasteiger partial charge < -0.3 is 5.73 Å². The van der Waals surface area contributed by atoms with Gasteiger partial charge in [0.15, 0.2) is 0 Å². The van der Waals surface area contributed by atoms with Crippen molar-refractivity contribution in [3.63, 3.8) is 0 Å². The van der Waals surface area contributed by atoms with Gasteiger partial charge in [-0.1, -0.05) is 13.8 Å². The largest absolute Gasteiger partial charge is 0.330 e. The van der Waals surface area contributed by atoms with Crippen molar-refractivity contribution in [1.29, 1.82) is 0 Å². The molecule has 92 valence electrons. The second-order valence-electron chi connectivity index (χ2n) is 4.66. The topological polar surface area (TPSA) is 63.4 Å². The van der Waals surface area contributed by atoms with E-state index in [1.165, 1.54) is 4.90 Å². The number of rotatable bonds is 5. The first-order chi connectivity index (χ1) is 7.52. The monoisotopic (exact) mass is 226 g/mol. The molecule has 0 aromatic rings. The van der Waals surface area contributed by atoms with E-state index >= 15 is 0 Å². The van der Waals surface area contributed by atoms with Crippen LogP contribution in [0, 0.1) is 5.41 Å². The Bertz CT molecular complexity index is 285. The molecule has 2 N–H and O–H groups in total. The zero-order valence-corrected chi connectivity index (χ0v) is 10.5. The molecular weight excluding hydrogens is 204 g/mol. The van der Waals surface area contributed by atoms with Crippen molar-refractivity contribution in [3.8, 4) is 0 Å². The molecule has 16 heavy (non-hydrogen) atoms. The SMILES string of the molecule is CCC1(CC)CC(=O)N(C(C)CCN)C1=O. The maximum Gasteiger partial charge on any atom is 0.236 e. The standard InChI is InChI=1S/C12H22N2O2/c1-4-12(5-2)8-10(15)14(11(12)16)9(3)6-7-13/h9H,4-8,13H2,1-3H3. The van der Waals surface area contributed by atoms with Crippen molar-refractivity contribution < 1.29 is 9.59 Å². The van der Waals surface area contributed by atoms with Gasteiger partial charge in [0.1, 0.15) is 0 Å². The Balaban J connectivity index is 2.90. The Hall–Kier alpha value is -0.900. The molecule has 1 aliphatic rings. The molecule has 4 heteroatoms. The number of hydrogen-bond acceptors (Lipinski definition) is 3. The minimum absolute atomic E-state index is 0.00319. The lowest BCUT2D eigenvalue weighted by Gasteiger charge is -2.27. The minimum atomic E-state index is -0.445. The molecule has 0 aromatic carbocycles. The number of likely N-dealkylation sites (tertiary alicyclic amines) is 1. The van der Waals surface area contributed by atoms with Gasteiger partial charge in [-0.15, -0.1) is 0 Å². The normalized spacial score (nSPS) is 21.6. The molecular formula is C12H22N2O2. The number of nitrogens with two attached hydrogens (primary N) is 1. The van der Waals surface area contributed by atoms with Crippen LogP contribution in [0.3, 0.4) is 0 Å². The molecule has 4 nitrogen and oxygen atoms in total. The Morgan fingerprint density at radius 3 is 2.31 bits per heavy atom. The molecule has 1 fully saturated rings. The van der Waals surface area contributed by atoms with Crippen molar-refractivity contribution in [1.82, 2.24) is 4.90 Å². The Kier molecular flexibility index (Phi) is 4.08. The maximum absolute atomic E-state index is 12.3. The Labute approximate surface area is 97.2 Å². The van der Waals surface area contributed by atoms with Gasteiger partial charge in [-0.25, -0.2) is 0 Å². The zero-order chi connectivity index (χ0) is 12.3. The number of carbonyl (C=O) groups is 2. The summed E-state index contributed by atoms with van der Waals surface area (Å²) in [5.74, 6) is -0.0295. The van der Waals surface area contributed by atoms with Crippen molar-refractivity contribution in [2.45, 2.75) is 52.5 Å². The van der Waals surface area contributed by atoms with Crippen molar-refractivity contribution in [3.05, 3.63) is 0 Å². The lowest BCUT2D eigenvalue weighted by atomic mass is 9.81. The molecule has 1 unspecified atom stereocenters. The third-order valence-electron chi connectivity index (χ3n) is 3.81. The average molecular weight is 226 g/mol. The van der Waals surface area contributed by atoms with Crippen molar-refractivity contribution in [2.75, 3.05) is 6.54 Å². The van der Waals surface area contributed by atoms with Crippen molar-refractivity contribution in [2.24, 2.45) is 11.1 Å². The summed E-state index contributed by atoms with van der Waals surface area (Å²) in [6, 6.07) is -0.0648. The van der Waals surface area contributed by atoms with E-state index in [0.717, 1.165) is 12.8 Å². The number of carbonyl (C=O) groups excluding carboxylic acids is 2. The fourth-order valence-corrected chi connectivity index (χ4v) is 2.44. The molecule has 0 aliphatic carbocycles. The highest BCUT2D eigenvalue weighted by Gasteiger charge is 2.50. The number of nitrogens with zero attached hydrogens (tertiary/aromatic N) is 1. The molecule has 0 radical (unpaired) electrons. The van der Waals surface area contributed by atoms with Gasteiger partial charge in [0.05, 0.1) is 5.41 Å². The van der Waals surface area contributed by atoms with E-state index in [4.69, 9.17) is 5.73 Å². The second kappa shape index (κ2) is 4.95. The molecule has 1 aliphatic heterocycles. The fourth-order valence-electron chi connectivity index (χ4n) is 2.44. The summed E-state index contributed by atoms with van der Waals surface area (Å²) in [7, 11) is 0. The summed E-state index contributed by atoms with van der Waals surface area (Å²) in [6.45, 7) is 6.35. The van der Waals surface area contributed by atoms with Crippen LogP contribution in [0.15, 0.2) is 0 Å². The van der Waals surface area contributed by atoms with Crippen LogP contribution in [0.25, 0.3) is 0 Å². The van der Waals surface area contributed by atoms with E-state index in [9.17, 15) is 9.59 Å². The second-order valence-corrected chi connectivity index (χ2v) is 4.66. The molecule has 0 saturated carbocycles. The summed E-state index contributed by atoms with van der Waals surface area (Å²) in [5, 5.41) is 0. The quantitative estimate of drug-likeness (QED) is 0.718. The summed E-state index contributed by atoms with van der Waals surface area (Å²) >= 11 is 0. The number of imide groups is 1. The van der Waals surface area contributed by atoms with Crippen LogP contribution in [0.4, 0.5) is 0 Å². The van der Waals surface area contributed by atoms with Crippen LogP contribution in [-0.2, 0) is 9.59 Å². The van der Waals surface area contributed by atoms with Gasteiger partial charge in [-0.2, -0.15) is 0 Å². The molecule has 0 aromatic heterocycles. The van der Waals surface area contributed by atoms with E-state index in [-0.39, 0.29) is 17.9 Å². The van der Waals surface area contributed by atoms with E-state index in [1.54, 1.807) is 0 Å². The number of amides is 2. The fraction of sp³-hybridized carbons (Fsp3) is 0.833. The molecule has 1 heterocycles. The first kappa shape index (κ1) is 13.2. The molecule has 1 atom stereocenters. The first-order valence-corrected chi connectivity index (χ1v) is 6.09. The van der Waals surface area contributed by atoms with Crippen LogP contribution in [0.5, 0.6) is 0 Å². The average Bonchev–Trinajstić information content (AvgIpc) is 2.51. The molecule has 0 spiro atoms. The third-order valence-corrected chi connectivity index (χ3v) is 3.81. The Morgan fingerprint density at radius 2 is 1.94 bits per heavy atom. The third kappa shape index (κ3) is 1.98. The number of hydrogen-bond donors (Lipinski definition) is 1. The summed E-state index contributed by atoms with van der Waals surface area (Å²) in [4.78, 5) is 25.6. The van der Waals surface area contributed by atoms with Crippen LogP contribution < -0.4 is 5.73 Å². The minimum Gasteiger partial charge on any atom is -0.330 e. The van der Waals surface area contributed by atoms with Crippen LogP contribution in [0.2, 0.25) is 0 Å². The van der Waals surface area contributed by atoms with Crippen LogP contribution in [0.1, 0.15) is 46.5 Å². The summed E-state index contributed by atoms with van der Waals surface area (Å²) < 4.78 is 0. The Morgan fingerprint density at radius 1 is 1.38 bits per heavy atom. The van der Waals surface area contributed by atoms with Gasteiger partial charge in [0.25, 0.3) is 0 Å². The predicted octanol–water partition coefficient (Wildman–Crippen LogP) is 1.29. The van der Waals surface area contributed by atoms with E-state index in [0.29, 0.717) is 19.4 Å². The first-order valence-electron chi connectivity index (χ1n) is 6.09. The molecule has 1 saturated heterocycles. The molecule has 2 amide bonds. The molecule has 0 bridgehead atoms. The zero-order valence-electron chi connectivity index (χ0n) is 10.5. The highest BCUT2D eigenvalue weighted by Crippen LogP contribution is 2.40. The van der Waals surface area contributed by atoms with Gasteiger partial charge in [0, 0.05) is 12.5 Å².